The first kappa shape index (κ1) is 28.3. The van der Waals surface area contributed by atoms with Crippen LogP contribution in [0.25, 0.3) is 0 Å². The van der Waals surface area contributed by atoms with Gasteiger partial charge in [0.15, 0.2) is 0 Å². The van der Waals surface area contributed by atoms with Gasteiger partial charge in [0.25, 0.3) is 5.91 Å². The quantitative estimate of drug-likeness (QED) is 0.220. The van der Waals surface area contributed by atoms with Gasteiger partial charge < -0.3 is 15.0 Å². The first-order valence-corrected chi connectivity index (χ1v) is 13.4. The van der Waals surface area contributed by atoms with Gasteiger partial charge >= 0.3 is 6.09 Å². The van der Waals surface area contributed by atoms with Gasteiger partial charge in [-0.2, -0.15) is 0 Å². The highest BCUT2D eigenvalue weighted by Gasteiger charge is 2.42. The second kappa shape index (κ2) is 11.9. The number of rotatable bonds is 8. The highest BCUT2D eigenvalue weighted by molar-refractivity contribution is 7.97. The molecule has 1 aliphatic rings. The van der Waals surface area contributed by atoms with Crippen LogP contribution in [0.4, 0.5) is 10.6 Å². The molecule has 1 unspecified atom stereocenters. The van der Waals surface area contributed by atoms with E-state index in [0.29, 0.717) is 17.5 Å². The SMILES string of the molecule is CC(C)(C)OC(=O)N1CC(CCCNc2cccc(SNC(=O)c3ccc(Cl)nc3Cl)n2)CC1(C)C. The molecule has 0 radical (unpaired) electrons. The summed E-state index contributed by atoms with van der Waals surface area (Å²) in [5.41, 5.74) is -0.481. The normalized spacial score (nSPS) is 17.1. The van der Waals surface area contributed by atoms with Gasteiger partial charge in [-0.25, -0.2) is 14.8 Å². The first-order valence-electron chi connectivity index (χ1n) is 11.8. The molecule has 2 aromatic heterocycles. The van der Waals surface area contributed by atoms with Gasteiger partial charge in [-0.15, -0.1) is 0 Å². The van der Waals surface area contributed by atoms with E-state index in [1.54, 1.807) is 0 Å². The number of nitrogens with zero attached hydrogens (tertiary/aromatic N) is 3. The van der Waals surface area contributed by atoms with E-state index in [9.17, 15) is 9.59 Å². The second-order valence-electron chi connectivity index (χ2n) is 10.4. The van der Waals surface area contributed by atoms with Crippen LogP contribution < -0.4 is 10.0 Å². The lowest BCUT2D eigenvalue weighted by Gasteiger charge is -2.33. The molecule has 1 atom stereocenters. The topological polar surface area (TPSA) is 96.5 Å². The molecule has 2 N–H and O–H groups in total. The molecule has 0 aromatic carbocycles. The summed E-state index contributed by atoms with van der Waals surface area (Å²) in [5.74, 6) is 0.769. The summed E-state index contributed by atoms with van der Waals surface area (Å²) in [7, 11) is 0. The summed E-state index contributed by atoms with van der Waals surface area (Å²) in [6.07, 6.45) is 2.65. The van der Waals surface area contributed by atoms with Crippen LogP contribution in [-0.2, 0) is 4.74 Å². The van der Waals surface area contributed by atoms with Crippen molar-refractivity contribution in [3.63, 3.8) is 0 Å². The molecule has 2 amide bonds. The molecular weight excluding hydrogens is 521 g/mol. The van der Waals surface area contributed by atoms with E-state index in [4.69, 9.17) is 27.9 Å². The summed E-state index contributed by atoms with van der Waals surface area (Å²) in [4.78, 5) is 35.3. The van der Waals surface area contributed by atoms with E-state index in [-0.39, 0.29) is 33.4 Å². The third-order valence-corrected chi connectivity index (χ3v) is 6.92. The van der Waals surface area contributed by atoms with Crippen LogP contribution in [0.1, 0.15) is 64.2 Å². The molecule has 2 aromatic rings. The van der Waals surface area contributed by atoms with Crippen LogP contribution in [0.3, 0.4) is 0 Å². The molecule has 0 bridgehead atoms. The van der Waals surface area contributed by atoms with E-state index < -0.39 is 5.60 Å². The molecule has 8 nitrogen and oxygen atoms in total. The number of hydrogen-bond acceptors (Lipinski definition) is 7. The first-order chi connectivity index (χ1) is 16.8. The molecular formula is C25H33Cl2N5O3S. The largest absolute Gasteiger partial charge is 0.444 e. The second-order valence-corrected chi connectivity index (χ2v) is 12.0. The standard InChI is InChI=1S/C25H33Cl2N5O3S/c1-24(2,3)35-23(34)32-15-16(14-25(32,4)5)8-7-13-28-19-9-6-10-20(30-19)36-31-22(33)17-11-12-18(26)29-21(17)27/h6,9-12,16H,7-8,13-15H2,1-5H3,(H,28,30)(H,31,33). The molecule has 11 heteroatoms. The van der Waals surface area contributed by atoms with Crippen molar-refractivity contribution < 1.29 is 14.3 Å². The van der Waals surface area contributed by atoms with Crippen molar-refractivity contribution in [2.24, 2.45) is 5.92 Å². The summed E-state index contributed by atoms with van der Waals surface area (Å²) in [5, 5.41) is 4.25. The van der Waals surface area contributed by atoms with Gasteiger partial charge in [-0.3, -0.25) is 9.52 Å². The number of ether oxygens (including phenoxy) is 1. The zero-order valence-electron chi connectivity index (χ0n) is 21.2. The Kier molecular flexibility index (Phi) is 9.35. The maximum absolute atomic E-state index is 12.6. The monoisotopic (exact) mass is 553 g/mol. The van der Waals surface area contributed by atoms with E-state index in [2.05, 4.69) is 33.9 Å². The lowest BCUT2D eigenvalue weighted by molar-refractivity contribution is 0.0130. The van der Waals surface area contributed by atoms with Crippen LogP contribution in [0.15, 0.2) is 35.4 Å². The summed E-state index contributed by atoms with van der Waals surface area (Å²) < 4.78 is 8.31. The number of pyridine rings is 2. The van der Waals surface area contributed by atoms with Crippen molar-refractivity contribution in [2.45, 2.75) is 70.0 Å². The number of carbonyl (C=O) groups is 2. The highest BCUT2D eigenvalue weighted by atomic mass is 35.5. The molecule has 1 fully saturated rings. The molecule has 0 spiro atoms. The summed E-state index contributed by atoms with van der Waals surface area (Å²) in [6.45, 7) is 11.3. The molecule has 3 rings (SSSR count). The Bertz CT molecular complexity index is 1090. The number of likely N-dealkylation sites (tertiary alicyclic amines) is 1. The van der Waals surface area contributed by atoms with Crippen LogP contribution in [0, 0.1) is 5.92 Å². The maximum Gasteiger partial charge on any atom is 0.410 e. The van der Waals surface area contributed by atoms with Crippen molar-refractivity contribution in [3.05, 3.63) is 46.2 Å². The fourth-order valence-electron chi connectivity index (χ4n) is 4.13. The average molecular weight is 555 g/mol. The molecule has 3 heterocycles. The van der Waals surface area contributed by atoms with Crippen molar-refractivity contribution in [1.29, 1.82) is 0 Å². The van der Waals surface area contributed by atoms with Gasteiger partial charge in [-0.1, -0.05) is 29.3 Å². The van der Waals surface area contributed by atoms with Gasteiger partial charge in [0.05, 0.1) is 5.56 Å². The average Bonchev–Trinajstić information content (AvgIpc) is 3.08. The lowest BCUT2D eigenvalue weighted by atomic mass is 9.93. The lowest BCUT2D eigenvalue weighted by Crippen LogP contribution is -2.45. The summed E-state index contributed by atoms with van der Waals surface area (Å²) in [6, 6.07) is 8.60. The van der Waals surface area contributed by atoms with Crippen molar-refractivity contribution in [3.8, 4) is 0 Å². The highest BCUT2D eigenvalue weighted by Crippen LogP contribution is 2.36. The molecule has 0 saturated carbocycles. The molecule has 196 valence electrons. The number of nitrogens with one attached hydrogen (secondary N) is 2. The Morgan fingerprint density at radius 3 is 2.64 bits per heavy atom. The van der Waals surface area contributed by atoms with E-state index >= 15 is 0 Å². The Hall–Kier alpha value is -2.23. The fraction of sp³-hybridized carbons (Fsp3) is 0.520. The Morgan fingerprint density at radius 2 is 1.94 bits per heavy atom. The number of aromatic nitrogens is 2. The van der Waals surface area contributed by atoms with Crippen LogP contribution in [0.2, 0.25) is 10.3 Å². The summed E-state index contributed by atoms with van der Waals surface area (Å²) >= 11 is 12.9. The smallest absolute Gasteiger partial charge is 0.410 e. The number of anilines is 1. The van der Waals surface area contributed by atoms with Crippen LogP contribution >= 0.6 is 35.1 Å². The Balaban J connectivity index is 1.44. The molecule has 1 aliphatic heterocycles. The third-order valence-electron chi connectivity index (χ3n) is 5.70. The Morgan fingerprint density at radius 1 is 1.19 bits per heavy atom. The number of amides is 2. The molecule has 36 heavy (non-hydrogen) atoms. The third kappa shape index (κ3) is 8.15. The van der Waals surface area contributed by atoms with E-state index in [0.717, 1.165) is 43.6 Å². The number of carbonyl (C=O) groups excluding carboxylic acids is 2. The van der Waals surface area contributed by atoms with Gasteiger partial charge in [0.2, 0.25) is 0 Å². The minimum Gasteiger partial charge on any atom is -0.444 e. The zero-order chi connectivity index (χ0) is 26.5. The minimum absolute atomic E-state index is 0.0452. The number of halogens is 2. The van der Waals surface area contributed by atoms with Crippen molar-refractivity contribution >= 4 is 53.0 Å². The fourth-order valence-corrected chi connectivity index (χ4v) is 5.16. The van der Waals surface area contributed by atoms with Gasteiger partial charge in [0.1, 0.15) is 26.8 Å². The predicted octanol–water partition coefficient (Wildman–Crippen LogP) is 6.45. The van der Waals surface area contributed by atoms with Gasteiger partial charge in [0, 0.05) is 30.6 Å². The van der Waals surface area contributed by atoms with Crippen LogP contribution in [-0.4, -0.2) is 51.1 Å². The van der Waals surface area contributed by atoms with Crippen molar-refractivity contribution in [1.82, 2.24) is 19.6 Å². The molecule has 0 aliphatic carbocycles. The maximum atomic E-state index is 12.6. The number of hydrogen-bond donors (Lipinski definition) is 2. The Labute approximate surface area is 227 Å². The minimum atomic E-state index is -0.502. The molecule has 1 saturated heterocycles. The van der Waals surface area contributed by atoms with Crippen LogP contribution in [0.5, 0.6) is 0 Å². The van der Waals surface area contributed by atoms with Crippen molar-refractivity contribution in [2.75, 3.05) is 18.4 Å². The van der Waals surface area contributed by atoms with E-state index in [1.165, 1.54) is 12.1 Å². The zero-order valence-corrected chi connectivity index (χ0v) is 23.6. The van der Waals surface area contributed by atoms with E-state index in [1.807, 2.05) is 43.9 Å². The van der Waals surface area contributed by atoms with Gasteiger partial charge in [-0.05, 0) is 84.1 Å². The predicted molar refractivity (Wildman–Crippen MR) is 145 cm³/mol.